The van der Waals surface area contributed by atoms with Crippen LogP contribution < -0.4 is 4.74 Å². The highest BCUT2D eigenvalue weighted by molar-refractivity contribution is 5.81. The van der Waals surface area contributed by atoms with Crippen LogP contribution >= 0.6 is 0 Å². The summed E-state index contributed by atoms with van der Waals surface area (Å²) in [5.74, 6) is 0.902. The smallest absolute Gasteiger partial charge is 0.120 e. The van der Waals surface area contributed by atoms with Gasteiger partial charge in [-0.15, -0.1) is 6.58 Å². The minimum Gasteiger partial charge on any atom is -0.489 e. The molecule has 2 heteroatoms. The van der Waals surface area contributed by atoms with Crippen molar-refractivity contribution in [3.05, 3.63) is 78.5 Å². The van der Waals surface area contributed by atoms with Gasteiger partial charge >= 0.3 is 0 Å². The van der Waals surface area contributed by atoms with Gasteiger partial charge in [0.05, 0.1) is 0 Å². The minimum absolute atomic E-state index is 0.184. The second-order valence-corrected chi connectivity index (χ2v) is 7.21. The average Bonchev–Trinajstić information content (AvgIpc) is 2.95. The third-order valence-electron chi connectivity index (χ3n) is 4.29. The molecule has 0 radical (unpaired) electrons. The molecule has 0 saturated heterocycles. The summed E-state index contributed by atoms with van der Waals surface area (Å²) in [6, 6.07) is 17.0. The number of rotatable bonds is 5. The lowest BCUT2D eigenvalue weighted by Gasteiger charge is -2.19. The topological polar surface area (TPSA) is 14.2 Å². The van der Waals surface area contributed by atoms with E-state index in [1.165, 1.54) is 22.0 Å². The molecule has 0 spiro atoms. The summed E-state index contributed by atoms with van der Waals surface area (Å²) in [5.41, 5.74) is 3.92. The van der Waals surface area contributed by atoms with Gasteiger partial charge in [-0.2, -0.15) is 0 Å². The number of ether oxygens (including phenoxy) is 1. The zero-order chi connectivity index (χ0) is 17.2. The van der Waals surface area contributed by atoms with Crippen molar-refractivity contribution in [3.8, 4) is 5.75 Å². The molecule has 0 unspecified atom stereocenters. The van der Waals surface area contributed by atoms with Crippen molar-refractivity contribution in [3.63, 3.8) is 0 Å². The van der Waals surface area contributed by atoms with E-state index in [1.807, 2.05) is 12.1 Å². The normalized spacial score (nSPS) is 11.6. The van der Waals surface area contributed by atoms with Gasteiger partial charge < -0.3 is 9.30 Å². The minimum atomic E-state index is 0.184. The van der Waals surface area contributed by atoms with E-state index in [4.69, 9.17) is 4.74 Å². The lowest BCUT2D eigenvalue weighted by Crippen LogP contribution is -2.10. The Labute approximate surface area is 144 Å². The Morgan fingerprint density at radius 2 is 1.79 bits per heavy atom. The van der Waals surface area contributed by atoms with Gasteiger partial charge in [0.15, 0.2) is 0 Å². The maximum absolute atomic E-state index is 5.97. The Morgan fingerprint density at radius 1 is 1.04 bits per heavy atom. The first-order valence-corrected chi connectivity index (χ1v) is 8.39. The fraction of sp³-hybridized carbons (Fsp3) is 0.273. The van der Waals surface area contributed by atoms with Crippen LogP contribution in [0.5, 0.6) is 5.75 Å². The zero-order valence-corrected chi connectivity index (χ0v) is 14.8. The van der Waals surface area contributed by atoms with Crippen molar-refractivity contribution in [2.45, 2.75) is 39.3 Å². The summed E-state index contributed by atoms with van der Waals surface area (Å²) in [5, 5.41) is 1.19. The maximum atomic E-state index is 5.97. The summed E-state index contributed by atoms with van der Waals surface area (Å²) < 4.78 is 8.14. The van der Waals surface area contributed by atoms with Crippen LogP contribution in [-0.2, 0) is 18.6 Å². The molecule has 3 rings (SSSR count). The van der Waals surface area contributed by atoms with Gasteiger partial charge in [0.25, 0.3) is 0 Å². The van der Waals surface area contributed by atoms with E-state index < -0.39 is 0 Å². The number of hydrogen-bond acceptors (Lipinski definition) is 1. The van der Waals surface area contributed by atoms with Gasteiger partial charge in [-0.05, 0) is 40.8 Å². The Bertz CT molecular complexity index is 835. The Morgan fingerprint density at radius 3 is 2.46 bits per heavy atom. The van der Waals surface area contributed by atoms with Gasteiger partial charge in [0.2, 0.25) is 0 Å². The SMILES string of the molecule is C=CCn1ccc2cc(OCc3ccc(C(C)(C)C)cc3)ccc21. The highest BCUT2D eigenvalue weighted by Crippen LogP contribution is 2.24. The third kappa shape index (κ3) is 3.53. The summed E-state index contributed by atoms with van der Waals surface area (Å²) in [6.45, 7) is 11.9. The highest BCUT2D eigenvalue weighted by atomic mass is 16.5. The van der Waals surface area contributed by atoms with Crippen molar-refractivity contribution >= 4 is 10.9 Å². The molecule has 24 heavy (non-hydrogen) atoms. The third-order valence-corrected chi connectivity index (χ3v) is 4.29. The van der Waals surface area contributed by atoms with Crippen molar-refractivity contribution < 1.29 is 4.74 Å². The number of nitrogens with zero attached hydrogens (tertiary/aromatic N) is 1. The number of hydrogen-bond donors (Lipinski definition) is 0. The van der Waals surface area contributed by atoms with Crippen molar-refractivity contribution in [2.75, 3.05) is 0 Å². The molecule has 124 valence electrons. The molecule has 1 heterocycles. The quantitative estimate of drug-likeness (QED) is 0.550. The number of aromatic nitrogens is 1. The lowest BCUT2D eigenvalue weighted by molar-refractivity contribution is 0.306. The van der Waals surface area contributed by atoms with Gasteiger partial charge in [0.1, 0.15) is 12.4 Å². The first kappa shape index (κ1) is 16.4. The van der Waals surface area contributed by atoms with Crippen LogP contribution in [0.25, 0.3) is 10.9 Å². The first-order valence-electron chi connectivity index (χ1n) is 8.39. The van der Waals surface area contributed by atoms with Crippen LogP contribution in [0, 0.1) is 0 Å². The van der Waals surface area contributed by atoms with Gasteiger partial charge in [-0.1, -0.05) is 51.1 Å². The molecule has 0 aliphatic rings. The van der Waals surface area contributed by atoms with E-state index in [0.717, 1.165) is 12.3 Å². The molecule has 3 aromatic rings. The Kier molecular flexibility index (Phi) is 4.48. The van der Waals surface area contributed by atoms with E-state index in [9.17, 15) is 0 Å². The van der Waals surface area contributed by atoms with Crippen LogP contribution in [0.4, 0.5) is 0 Å². The zero-order valence-electron chi connectivity index (χ0n) is 14.8. The second kappa shape index (κ2) is 6.56. The monoisotopic (exact) mass is 319 g/mol. The molecular weight excluding hydrogens is 294 g/mol. The summed E-state index contributed by atoms with van der Waals surface area (Å²) in [6.07, 6.45) is 3.99. The molecular formula is C22H25NO. The van der Waals surface area contributed by atoms with Crippen LogP contribution in [0.3, 0.4) is 0 Å². The lowest BCUT2D eigenvalue weighted by atomic mass is 9.87. The van der Waals surface area contributed by atoms with E-state index in [0.29, 0.717) is 6.61 Å². The molecule has 0 atom stereocenters. The number of fused-ring (bicyclic) bond motifs is 1. The van der Waals surface area contributed by atoms with Gasteiger partial charge in [0, 0.05) is 23.6 Å². The summed E-state index contributed by atoms with van der Waals surface area (Å²) in [4.78, 5) is 0. The molecule has 0 N–H and O–H groups in total. The molecule has 0 aliphatic carbocycles. The van der Waals surface area contributed by atoms with Crippen LogP contribution in [0.1, 0.15) is 31.9 Å². The molecule has 2 aromatic carbocycles. The van der Waals surface area contributed by atoms with Crippen molar-refractivity contribution in [1.82, 2.24) is 4.57 Å². The Hall–Kier alpha value is -2.48. The summed E-state index contributed by atoms with van der Waals surface area (Å²) in [7, 11) is 0. The molecule has 0 bridgehead atoms. The number of benzene rings is 2. The molecule has 1 aromatic heterocycles. The molecule has 0 saturated carbocycles. The largest absolute Gasteiger partial charge is 0.489 e. The maximum Gasteiger partial charge on any atom is 0.120 e. The van der Waals surface area contributed by atoms with E-state index in [1.54, 1.807) is 0 Å². The van der Waals surface area contributed by atoms with Gasteiger partial charge in [-0.25, -0.2) is 0 Å². The predicted octanol–water partition coefficient (Wildman–Crippen LogP) is 5.70. The van der Waals surface area contributed by atoms with Crippen molar-refractivity contribution in [2.24, 2.45) is 0 Å². The van der Waals surface area contributed by atoms with Crippen LogP contribution in [0.2, 0.25) is 0 Å². The van der Waals surface area contributed by atoms with E-state index in [2.05, 4.69) is 80.6 Å². The van der Waals surface area contributed by atoms with Crippen molar-refractivity contribution in [1.29, 1.82) is 0 Å². The molecule has 0 amide bonds. The fourth-order valence-electron chi connectivity index (χ4n) is 2.83. The molecule has 0 fully saturated rings. The standard InChI is InChI=1S/C22H25NO/c1-5-13-23-14-12-18-15-20(10-11-21(18)23)24-16-17-6-8-19(9-7-17)22(2,3)4/h5-12,14-15H,1,13,16H2,2-4H3. The van der Waals surface area contributed by atoms with Crippen LogP contribution in [-0.4, -0.2) is 4.57 Å². The van der Waals surface area contributed by atoms with Gasteiger partial charge in [-0.3, -0.25) is 0 Å². The highest BCUT2D eigenvalue weighted by Gasteiger charge is 2.12. The molecule has 0 aliphatic heterocycles. The number of allylic oxidation sites excluding steroid dienone is 1. The fourth-order valence-corrected chi connectivity index (χ4v) is 2.83. The summed E-state index contributed by atoms with van der Waals surface area (Å²) >= 11 is 0. The van der Waals surface area contributed by atoms with Crippen LogP contribution in [0.15, 0.2) is 67.4 Å². The Balaban J connectivity index is 1.70. The van der Waals surface area contributed by atoms with E-state index in [-0.39, 0.29) is 5.41 Å². The second-order valence-electron chi connectivity index (χ2n) is 7.21. The predicted molar refractivity (Wildman–Crippen MR) is 102 cm³/mol. The molecule has 2 nitrogen and oxygen atoms in total. The average molecular weight is 319 g/mol. The van der Waals surface area contributed by atoms with E-state index >= 15 is 0 Å². The first-order chi connectivity index (χ1) is 11.5.